The van der Waals surface area contributed by atoms with E-state index in [-0.39, 0.29) is 11.3 Å². The number of carbonyl (C=O) groups excluding carboxylic acids is 1. The van der Waals surface area contributed by atoms with E-state index in [4.69, 9.17) is 0 Å². The number of carbonyl (C=O) groups is 1. The lowest BCUT2D eigenvalue weighted by Gasteiger charge is -2.05. The minimum atomic E-state index is -5.07. The van der Waals surface area contributed by atoms with Crippen LogP contribution < -0.4 is 9.50 Å². The van der Waals surface area contributed by atoms with Crippen LogP contribution in [0.1, 0.15) is 10.4 Å². The number of aromatic nitrogens is 1. The number of pyridine rings is 1. The van der Waals surface area contributed by atoms with E-state index in [1.165, 1.54) is 30.5 Å². The predicted octanol–water partition coefficient (Wildman–Crippen LogP) is 1.93. The molecule has 0 bridgehead atoms. The molecule has 2 rings (SSSR count). The molecule has 0 radical (unpaired) electrons. The highest BCUT2D eigenvalue weighted by atomic mass is 32.3. The summed E-state index contributed by atoms with van der Waals surface area (Å²) in [6.45, 7) is 0. The number of hydrogen-bond acceptors (Lipinski definition) is 5. The van der Waals surface area contributed by atoms with E-state index in [1.54, 1.807) is 18.3 Å². The molecule has 1 aromatic carbocycles. The van der Waals surface area contributed by atoms with Crippen molar-refractivity contribution in [2.45, 2.75) is 0 Å². The Morgan fingerprint density at radius 1 is 1.20 bits per heavy atom. The molecule has 0 atom stereocenters. The largest absolute Gasteiger partial charge is 0.488 e. The molecule has 0 unspecified atom stereocenters. The fourth-order valence-corrected chi connectivity index (χ4v) is 1.76. The van der Waals surface area contributed by atoms with E-state index in [0.717, 1.165) is 0 Å². The molecule has 2 aromatic rings. The van der Waals surface area contributed by atoms with Crippen molar-refractivity contribution in [3.63, 3.8) is 0 Å². The van der Waals surface area contributed by atoms with Gasteiger partial charge in [-0.1, -0.05) is 3.89 Å². The van der Waals surface area contributed by atoms with E-state index in [2.05, 4.69) is 14.5 Å². The smallest absolute Gasteiger partial charge is 0.358 e. The molecular formula is C12H9FN2O4S. The molecule has 0 saturated heterocycles. The van der Waals surface area contributed by atoms with E-state index < -0.39 is 16.4 Å². The zero-order valence-corrected chi connectivity index (χ0v) is 10.8. The molecule has 20 heavy (non-hydrogen) atoms. The van der Waals surface area contributed by atoms with Crippen LogP contribution in [0.25, 0.3) is 0 Å². The lowest BCUT2D eigenvalue weighted by Crippen LogP contribution is -2.12. The molecule has 104 valence electrons. The van der Waals surface area contributed by atoms with Gasteiger partial charge in [-0.25, -0.2) is 0 Å². The number of hydrogen-bond donors (Lipinski definition) is 1. The third-order valence-corrected chi connectivity index (χ3v) is 2.62. The second-order valence-electron chi connectivity index (χ2n) is 3.70. The predicted molar refractivity (Wildman–Crippen MR) is 69.3 cm³/mol. The highest BCUT2D eigenvalue weighted by Gasteiger charge is 2.11. The molecule has 0 aliphatic carbocycles. The van der Waals surface area contributed by atoms with Gasteiger partial charge in [-0.2, -0.15) is 8.42 Å². The van der Waals surface area contributed by atoms with Gasteiger partial charge in [-0.15, -0.1) is 0 Å². The van der Waals surface area contributed by atoms with Gasteiger partial charge in [0.15, 0.2) is 0 Å². The summed E-state index contributed by atoms with van der Waals surface area (Å²) < 4.78 is 36.9. The number of amides is 1. The number of halogens is 1. The maximum Gasteiger partial charge on any atom is 0.488 e. The first-order chi connectivity index (χ1) is 9.44. The second-order valence-corrected chi connectivity index (χ2v) is 4.65. The zero-order chi connectivity index (χ0) is 14.6. The highest BCUT2D eigenvalue weighted by Crippen LogP contribution is 2.16. The van der Waals surface area contributed by atoms with Crippen LogP contribution in [-0.2, 0) is 10.5 Å². The lowest BCUT2D eigenvalue weighted by atomic mass is 10.2. The monoisotopic (exact) mass is 296 g/mol. The molecule has 1 heterocycles. The standard InChI is InChI=1S/C12H9FN2O4S/c13-20(17,18)19-11-5-3-9(4-6-11)12(16)15-10-2-1-7-14-8-10/h1-8H,(H,15,16). The number of nitrogens with zero attached hydrogens (tertiary/aromatic N) is 1. The molecule has 6 nitrogen and oxygen atoms in total. The lowest BCUT2D eigenvalue weighted by molar-refractivity contribution is 0.102. The first kappa shape index (κ1) is 13.9. The Balaban J connectivity index is 2.08. The molecule has 0 saturated carbocycles. The SMILES string of the molecule is O=C(Nc1cccnc1)c1ccc(OS(=O)(=O)F)cc1. The van der Waals surface area contributed by atoms with Gasteiger partial charge >= 0.3 is 10.5 Å². The van der Waals surface area contributed by atoms with Crippen LogP contribution in [0, 0.1) is 0 Å². The van der Waals surface area contributed by atoms with Crippen molar-refractivity contribution >= 4 is 22.1 Å². The Morgan fingerprint density at radius 2 is 1.90 bits per heavy atom. The van der Waals surface area contributed by atoms with Gasteiger partial charge in [-0.3, -0.25) is 9.78 Å². The molecule has 0 aliphatic heterocycles. The van der Waals surface area contributed by atoms with Gasteiger partial charge in [0, 0.05) is 11.8 Å². The van der Waals surface area contributed by atoms with Crippen molar-refractivity contribution in [1.29, 1.82) is 0 Å². The van der Waals surface area contributed by atoms with Crippen molar-refractivity contribution in [1.82, 2.24) is 4.98 Å². The van der Waals surface area contributed by atoms with Gasteiger partial charge in [0.25, 0.3) is 5.91 Å². The summed E-state index contributed by atoms with van der Waals surface area (Å²) in [5.41, 5.74) is 0.779. The van der Waals surface area contributed by atoms with Crippen molar-refractivity contribution in [3.8, 4) is 5.75 Å². The van der Waals surface area contributed by atoms with Crippen molar-refractivity contribution in [2.24, 2.45) is 0 Å². The molecule has 0 spiro atoms. The Hall–Kier alpha value is -2.48. The Morgan fingerprint density at radius 3 is 2.45 bits per heavy atom. The highest BCUT2D eigenvalue weighted by molar-refractivity contribution is 7.81. The van der Waals surface area contributed by atoms with Crippen LogP contribution in [0.15, 0.2) is 48.8 Å². The topological polar surface area (TPSA) is 85.4 Å². The maximum atomic E-state index is 12.3. The molecule has 1 N–H and O–H groups in total. The Labute approximate surface area is 114 Å². The number of rotatable bonds is 4. The van der Waals surface area contributed by atoms with E-state index >= 15 is 0 Å². The van der Waals surface area contributed by atoms with Gasteiger partial charge in [0.2, 0.25) is 0 Å². The minimum absolute atomic E-state index is 0.217. The fraction of sp³-hybridized carbons (Fsp3) is 0. The summed E-state index contributed by atoms with van der Waals surface area (Å²) in [5.74, 6) is -0.627. The first-order valence-corrected chi connectivity index (χ1v) is 6.70. The quantitative estimate of drug-likeness (QED) is 0.871. The summed E-state index contributed by atoms with van der Waals surface area (Å²) in [4.78, 5) is 15.7. The number of anilines is 1. The molecule has 0 aliphatic rings. The van der Waals surface area contributed by atoms with Crippen LogP contribution >= 0.6 is 0 Å². The number of nitrogens with one attached hydrogen (secondary N) is 1. The van der Waals surface area contributed by atoms with E-state index in [9.17, 15) is 17.1 Å². The van der Waals surface area contributed by atoms with Gasteiger partial charge in [0.05, 0.1) is 11.9 Å². The van der Waals surface area contributed by atoms with E-state index in [1.807, 2.05) is 0 Å². The van der Waals surface area contributed by atoms with E-state index in [0.29, 0.717) is 5.69 Å². The normalized spacial score (nSPS) is 10.8. The summed E-state index contributed by atoms with van der Waals surface area (Å²) in [6.07, 6.45) is 3.05. The van der Waals surface area contributed by atoms with Crippen LogP contribution in [0.4, 0.5) is 9.57 Å². The average molecular weight is 296 g/mol. The third-order valence-electron chi connectivity index (χ3n) is 2.23. The molecular weight excluding hydrogens is 287 g/mol. The van der Waals surface area contributed by atoms with Crippen molar-refractivity contribution in [2.75, 3.05) is 5.32 Å². The van der Waals surface area contributed by atoms with Crippen molar-refractivity contribution in [3.05, 3.63) is 54.4 Å². The molecule has 0 fully saturated rings. The summed E-state index contributed by atoms with van der Waals surface area (Å²) in [7, 11) is -5.07. The van der Waals surface area contributed by atoms with Gasteiger partial charge < -0.3 is 9.50 Å². The summed E-state index contributed by atoms with van der Waals surface area (Å²) >= 11 is 0. The first-order valence-electron chi connectivity index (χ1n) is 5.39. The molecule has 8 heteroatoms. The molecule has 1 aromatic heterocycles. The van der Waals surface area contributed by atoms with Crippen molar-refractivity contribution < 1.29 is 21.3 Å². The average Bonchev–Trinajstić information content (AvgIpc) is 2.39. The van der Waals surface area contributed by atoms with Gasteiger partial charge in [0.1, 0.15) is 5.75 Å². The van der Waals surface area contributed by atoms with Crippen LogP contribution in [0.5, 0.6) is 5.75 Å². The van der Waals surface area contributed by atoms with Crippen LogP contribution in [-0.4, -0.2) is 19.3 Å². The fourth-order valence-electron chi connectivity index (χ4n) is 1.42. The summed E-state index contributed by atoms with van der Waals surface area (Å²) in [5, 5.41) is 2.59. The Kier molecular flexibility index (Phi) is 3.94. The third kappa shape index (κ3) is 4.02. The summed E-state index contributed by atoms with van der Waals surface area (Å²) in [6, 6.07) is 8.31. The maximum absolute atomic E-state index is 12.3. The van der Waals surface area contributed by atoms with Gasteiger partial charge in [-0.05, 0) is 36.4 Å². The number of benzene rings is 1. The Bertz CT molecular complexity index is 702. The second kappa shape index (κ2) is 5.66. The van der Waals surface area contributed by atoms with Crippen LogP contribution in [0.3, 0.4) is 0 Å². The molecule has 1 amide bonds. The minimum Gasteiger partial charge on any atom is -0.358 e. The zero-order valence-electron chi connectivity index (χ0n) is 9.99. The van der Waals surface area contributed by atoms with Crippen LogP contribution in [0.2, 0.25) is 0 Å².